The van der Waals surface area contributed by atoms with Crippen LogP contribution in [0.5, 0.6) is 0 Å². The molecule has 0 heterocycles. The number of carbonyl (C=O) groups excluding carboxylic acids is 2. The maximum Gasteiger partial charge on any atom is 0.325 e. The first-order chi connectivity index (χ1) is 6.58. The molecule has 0 spiro atoms. The van der Waals surface area contributed by atoms with Crippen LogP contribution in [0.25, 0.3) is 0 Å². The number of benzene rings is 1. The van der Waals surface area contributed by atoms with Crippen LogP contribution in [0, 0.1) is 0 Å². The van der Waals surface area contributed by atoms with E-state index in [1.54, 1.807) is 24.3 Å². The number of anilines is 2. The van der Waals surface area contributed by atoms with Crippen molar-refractivity contribution in [3.05, 3.63) is 24.3 Å². The van der Waals surface area contributed by atoms with E-state index in [1.165, 1.54) is 6.92 Å². The van der Waals surface area contributed by atoms with E-state index >= 15 is 0 Å². The summed E-state index contributed by atoms with van der Waals surface area (Å²) in [5.41, 5.74) is 6.65. The first-order valence-electron chi connectivity index (χ1n) is 4.02. The Morgan fingerprint density at radius 2 is 1.79 bits per heavy atom. The number of imide groups is 1. The Hall–Kier alpha value is -2.04. The molecule has 0 saturated carbocycles. The average molecular weight is 193 g/mol. The van der Waals surface area contributed by atoms with E-state index in [1.807, 2.05) is 0 Å². The van der Waals surface area contributed by atoms with Gasteiger partial charge < -0.3 is 11.1 Å². The van der Waals surface area contributed by atoms with Gasteiger partial charge in [-0.15, -0.1) is 0 Å². The van der Waals surface area contributed by atoms with Gasteiger partial charge >= 0.3 is 6.03 Å². The highest BCUT2D eigenvalue weighted by atomic mass is 16.2. The van der Waals surface area contributed by atoms with Crippen LogP contribution in [-0.4, -0.2) is 11.9 Å². The zero-order valence-electron chi connectivity index (χ0n) is 7.70. The van der Waals surface area contributed by atoms with E-state index in [-0.39, 0.29) is 0 Å². The summed E-state index contributed by atoms with van der Waals surface area (Å²) in [7, 11) is 0. The number of nitrogens with two attached hydrogens (primary N) is 1. The van der Waals surface area contributed by atoms with Gasteiger partial charge in [0.1, 0.15) is 0 Å². The van der Waals surface area contributed by atoms with Crippen LogP contribution < -0.4 is 16.4 Å². The Morgan fingerprint density at radius 3 is 2.29 bits per heavy atom. The topological polar surface area (TPSA) is 84.2 Å². The zero-order chi connectivity index (χ0) is 10.6. The standard InChI is InChI=1S/C9H11N3O2/c1-6(13)11-9(14)12-8-4-2-7(10)3-5-8/h2-5H,10H2,1H3,(H2,11,12,13,14). The fourth-order valence-electron chi connectivity index (χ4n) is 0.889. The van der Waals surface area contributed by atoms with E-state index in [2.05, 4.69) is 10.6 Å². The average Bonchev–Trinajstić information content (AvgIpc) is 2.07. The Balaban J connectivity index is 2.56. The molecule has 1 aromatic rings. The molecule has 0 aliphatic rings. The number of nitrogen functional groups attached to an aromatic ring is 1. The third-order valence-electron chi connectivity index (χ3n) is 1.46. The third-order valence-corrected chi connectivity index (χ3v) is 1.46. The lowest BCUT2D eigenvalue weighted by atomic mass is 10.3. The van der Waals surface area contributed by atoms with Crippen LogP contribution in [-0.2, 0) is 4.79 Å². The van der Waals surface area contributed by atoms with E-state index in [9.17, 15) is 9.59 Å². The predicted molar refractivity (Wildman–Crippen MR) is 53.7 cm³/mol. The summed E-state index contributed by atoms with van der Waals surface area (Å²) in [6.07, 6.45) is 0. The van der Waals surface area contributed by atoms with Crippen molar-refractivity contribution in [1.29, 1.82) is 0 Å². The molecule has 4 N–H and O–H groups in total. The second-order valence-corrected chi connectivity index (χ2v) is 2.76. The monoisotopic (exact) mass is 193 g/mol. The van der Waals surface area contributed by atoms with Gasteiger partial charge in [-0.2, -0.15) is 0 Å². The van der Waals surface area contributed by atoms with Crippen LogP contribution in [0.3, 0.4) is 0 Å². The van der Waals surface area contributed by atoms with Gasteiger partial charge in [0.25, 0.3) is 0 Å². The summed E-state index contributed by atoms with van der Waals surface area (Å²) in [5, 5.41) is 4.56. The first kappa shape index (κ1) is 10.0. The molecule has 0 bridgehead atoms. The number of rotatable bonds is 1. The molecule has 1 rings (SSSR count). The normalized spacial score (nSPS) is 9.21. The number of nitrogens with one attached hydrogen (secondary N) is 2. The Morgan fingerprint density at radius 1 is 1.21 bits per heavy atom. The van der Waals surface area contributed by atoms with Crippen molar-refractivity contribution in [2.75, 3.05) is 11.1 Å². The molecule has 5 heteroatoms. The highest BCUT2D eigenvalue weighted by Gasteiger charge is 2.02. The maximum absolute atomic E-state index is 11.0. The minimum Gasteiger partial charge on any atom is -0.399 e. The van der Waals surface area contributed by atoms with Crippen LogP contribution in [0.2, 0.25) is 0 Å². The summed E-state index contributed by atoms with van der Waals surface area (Å²) in [5.74, 6) is -0.405. The molecule has 74 valence electrons. The minimum atomic E-state index is -0.553. The fraction of sp³-hybridized carbons (Fsp3) is 0.111. The summed E-state index contributed by atoms with van der Waals surface area (Å²) in [6.45, 7) is 1.27. The van der Waals surface area contributed by atoms with Crippen molar-refractivity contribution < 1.29 is 9.59 Å². The minimum absolute atomic E-state index is 0.405. The first-order valence-corrected chi connectivity index (χ1v) is 4.02. The maximum atomic E-state index is 11.0. The molecular weight excluding hydrogens is 182 g/mol. The summed E-state index contributed by atoms with van der Waals surface area (Å²) in [6, 6.07) is 6.05. The van der Waals surface area contributed by atoms with Gasteiger partial charge in [0.05, 0.1) is 0 Å². The van der Waals surface area contributed by atoms with Crippen molar-refractivity contribution in [2.45, 2.75) is 6.92 Å². The van der Waals surface area contributed by atoms with Crippen LogP contribution in [0.4, 0.5) is 16.2 Å². The molecule has 0 aromatic heterocycles. The summed E-state index contributed by atoms with van der Waals surface area (Å²) < 4.78 is 0. The molecule has 1 aromatic carbocycles. The molecular formula is C9H11N3O2. The van der Waals surface area contributed by atoms with E-state index in [0.29, 0.717) is 11.4 Å². The van der Waals surface area contributed by atoms with Gasteiger partial charge in [-0.05, 0) is 24.3 Å². The molecule has 0 radical (unpaired) electrons. The second-order valence-electron chi connectivity index (χ2n) is 2.76. The molecule has 0 atom stereocenters. The van der Waals surface area contributed by atoms with Crippen molar-refractivity contribution in [1.82, 2.24) is 5.32 Å². The third kappa shape index (κ3) is 3.14. The predicted octanol–water partition coefficient (Wildman–Crippen LogP) is 0.937. The smallest absolute Gasteiger partial charge is 0.325 e. The van der Waals surface area contributed by atoms with Crippen LogP contribution >= 0.6 is 0 Å². The molecule has 0 aliphatic carbocycles. The lowest BCUT2D eigenvalue weighted by Crippen LogP contribution is -2.32. The van der Waals surface area contributed by atoms with Crippen molar-refractivity contribution in [3.8, 4) is 0 Å². The van der Waals surface area contributed by atoms with Gasteiger partial charge in [0.2, 0.25) is 5.91 Å². The van der Waals surface area contributed by atoms with Gasteiger partial charge in [-0.25, -0.2) is 4.79 Å². The van der Waals surface area contributed by atoms with Crippen molar-refractivity contribution in [3.63, 3.8) is 0 Å². The number of amides is 3. The molecule has 5 nitrogen and oxygen atoms in total. The number of carbonyl (C=O) groups is 2. The van der Waals surface area contributed by atoms with Crippen LogP contribution in [0.15, 0.2) is 24.3 Å². The van der Waals surface area contributed by atoms with E-state index < -0.39 is 11.9 Å². The van der Waals surface area contributed by atoms with Crippen molar-refractivity contribution in [2.24, 2.45) is 0 Å². The molecule has 0 unspecified atom stereocenters. The van der Waals surface area contributed by atoms with Crippen LogP contribution in [0.1, 0.15) is 6.92 Å². The van der Waals surface area contributed by atoms with E-state index in [0.717, 1.165) is 0 Å². The Kier molecular flexibility index (Phi) is 3.06. The van der Waals surface area contributed by atoms with Gasteiger partial charge in [-0.3, -0.25) is 10.1 Å². The quantitative estimate of drug-likeness (QED) is 0.580. The number of hydrogen-bond donors (Lipinski definition) is 3. The van der Waals surface area contributed by atoms with Gasteiger partial charge in [0, 0.05) is 18.3 Å². The molecule has 0 fully saturated rings. The molecule has 0 aliphatic heterocycles. The largest absolute Gasteiger partial charge is 0.399 e. The molecule has 0 saturated heterocycles. The number of urea groups is 1. The highest BCUT2D eigenvalue weighted by Crippen LogP contribution is 2.09. The van der Waals surface area contributed by atoms with E-state index in [4.69, 9.17) is 5.73 Å². The lowest BCUT2D eigenvalue weighted by molar-refractivity contribution is -0.117. The van der Waals surface area contributed by atoms with Crippen molar-refractivity contribution >= 4 is 23.3 Å². The Labute approximate surface area is 81.3 Å². The highest BCUT2D eigenvalue weighted by molar-refractivity contribution is 6.00. The van der Waals surface area contributed by atoms with Gasteiger partial charge in [0.15, 0.2) is 0 Å². The molecule has 3 amide bonds. The Bertz CT molecular complexity index is 346. The summed E-state index contributed by atoms with van der Waals surface area (Å²) >= 11 is 0. The second kappa shape index (κ2) is 4.27. The SMILES string of the molecule is CC(=O)NC(=O)Nc1ccc(N)cc1. The fourth-order valence-corrected chi connectivity index (χ4v) is 0.889. The number of hydrogen-bond acceptors (Lipinski definition) is 3. The summed E-state index contributed by atoms with van der Waals surface area (Å²) in [4.78, 5) is 21.5. The molecule has 14 heavy (non-hydrogen) atoms. The zero-order valence-corrected chi connectivity index (χ0v) is 7.70. The lowest BCUT2D eigenvalue weighted by Gasteiger charge is -2.04. The van der Waals surface area contributed by atoms with Gasteiger partial charge in [-0.1, -0.05) is 0 Å².